The van der Waals surface area contributed by atoms with E-state index in [0.29, 0.717) is 0 Å². The molecule has 0 radical (unpaired) electrons. The number of ether oxygens (including phenoxy) is 2. The summed E-state index contributed by atoms with van der Waals surface area (Å²) in [6.45, 7) is 0. The van der Waals surface area contributed by atoms with Crippen LogP contribution in [-0.4, -0.2) is 20.5 Å². The van der Waals surface area contributed by atoms with Crippen LogP contribution in [0.4, 0.5) is 0 Å². The highest BCUT2D eigenvalue weighted by molar-refractivity contribution is 14.1. The van der Waals surface area contributed by atoms with Crippen LogP contribution in [0.3, 0.4) is 0 Å². The quantitative estimate of drug-likeness (QED) is 0.555. The van der Waals surface area contributed by atoms with Gasteiger partial charge in [0.25, 0.3) is 0 Å². The average Bonchev–Trinajstić information content (AvgIpc) is 1.99. The smallest absolute Gasteiger partial charge is 0.157 e. The highest BCUT2D eigenvalue weighted by Crippen LogP contribution is 2.03. The minimum atomic E-state index is -0.0485. The molecule has 0 aliphatic heterocycles. The zero-order chi connectivity index (χ0) is 7.82. The number of halogens is 1. The molecule has 0 atom stereocenters. The summed E-state index contributed by atoms with van der Waals surface area (Å²) >= 11 is 2.20. The Bertz CT molecular complexity index is 89.6. The van der Waals surface area contributed by atoms with E-state index in [2.05, 4.69) is 28.7 Å². The van der Waals surface area contributed by atoms with Crippen LogP contribution in [0.5, 0.6) is 0 Å². The Kier molecular flexibility index (Phi) is 7.79. The Balaban J connectivity index is 3.25. The molecule has 0 aromatic heterocycles. The Morgan fingerprint density at radius 2 is 2.00 bits per heavy atom. The van der Waals surface area contributed by atoms with Gasteiger partial charge in [0.15, 0.2) is 6.29 Å². The third-order valence-electron chi connectivity index (χ3n) is 1.18. The molecular formula is C7H13IO2. The number of hydrogen-bond donors (Lipinski definition) is 0. The van der Waals surface area contributed by atoms with Gasteiger partial charge in [-0.1, -0.05) is 28.7 Å². The first-order valence-electron chi connectivity index (χ1n) is 3.16. The Labute approximate surface area is 75.7 Å². The van der Waals surface area contributed by atoms with Gasteiger partial charge in [-0.25, -0.2) is 0 Å². The molecule has 0 spiro atoms. The molecule has 0 heterocycles. The molecule has 2 nitrogen and oxygen atoms in total. The van der Waals surface area contributed by atoms with E-state index in [1.807, 2.05) is 4.08 Å². The maximum atomic E-state index is 4.99. The van der Waals surface area contributed by atoms with E-state index >= 15 is 0 Å². The molecule has 0 saturated heterocycles. The van der Waals surface area contributed by atoms with Crippen molar-refractivity contribution in [3.63, 3.8) is 0 Å². The minimum Gasteiger partial charge on any atom is -0.356 e. The van der Waals surface area contributed by atoms with Gasteiger partial charge in [-0.05, 0) is 10.5 Å². The molecule has 60 valence electrons. The van der Waals surface area contributed by atoms with E-state index in [4.69, 9.17) is 9.47 Å². The summed E-state index contributed by atoms with van der Waals surface area (Å²) in [7, 11) is 3.31. The number of rotatable bonds is 5. The van der Waals surface area contributed by atoms with Gasteiger partial charge in [-0.3, -0.25) is 0 Å². The second kappa shape index (κ2) is 7.50. The van der Waals surface area contributed by atoms with Gasteiger partial charge in [0.05, 0.1) is 0 Å². The van der Waals surface area contributed by atoms with Crippen LogP contribution in [0.15, 0.2) is 10.2 Å². The zero-order valence-electron chi connectivity index (χ0n) is 6.34. The van der Waals surface area contributed by atoms with Gasteiger partial charge in [0.2, 0.25) is 0 Å². The summed E-state index contributed by atoms with van der Waals surface area (Å²) in [5, 5.41) is 0. The average molecular weight is 256 g/mol. The van der Waals surface area contributed by atoms with Gasteiger partial charge < -0.3 is 9.47 Å². The maximum absolute atomic E-state index is 4.99. The van der Waals surface area contributed by atoms with E-state index in [-0.39, 0.29) is 6.29 Å². The van der Waals surface area contributed by atoms with Crippen LogP contribution < -0.4 is 0 Å². The molecule has 0 saturated carbocycles. The van der Waals surface area contributed by atoms with Crippen molar-refractivity contribution in [2.24, 2.45) is 0 Å². The molecule has 10 heavy (non-hydrogen) atoms. The first-order valence-corrected chi connectivity index (χ1v) is 4.40. The third-order valence-corrected chi connectivity index (χ3v) is 1.69. The summed E-state index contributed by atoms with van der Waals surface area (Å²) in [5.41, 5.74) is 0. The standard InChI is InChI=1S/C7H13IO2/c1-9-7(10-2)5-3-4-6-8/h4,6-7H,3,5H2,1-2H3/b6-4-. The lowest BCUT2D eigenvalue weighted by Gasteiger charge is -2.10. The van der Waals surface area contributed by atoms with Crippen molar-refractivity contribution in [1.29, 1.82) is 0 Å². The van der Waals surface area contributed by atoms with Crippen LogP contribution >= 0.6 is 22.6 Å². The van der Waals surface area contributed by atoms with E-state index in [0.717, 1.165) is 12.8 Å². The number of allylic oxidation sites excluding steroid dienone is 1. The molecular weight excluding hydrogens is 243 g/mol. The van der Waals surface area contributed by atoms with Crippen molar-refractivity contribution in [2.45, 2.75) is 19.1 Å². The van der Waals surface area contributed by atoms with E-state index in [9.17, 15) is 0 Å². The SMILES string of the molecule is COC(CC/C=C\I)OC. The summed E-state index contributed by atoms with van der Waals surface area (Å²) in [4.78, 5) is 0. The Morgan fingerprint density at radius 3 is 2.40 bits per heavy atom. The third kappa shape index (κ3) is 5.20. The van der Waals surface area contributed by atoms with Gasteiger partial charge in [0, 0.05) is 20.6 Å². The maximum Gasteiger partial charge on any atom is 0.157 e. The number of methoxy groups -OCH3 is 2. The van der Waals surface area contributed by atoms with Crippen molar-refractivity contribution >= 4 is 22.6 Å². The minimum absolute atomic E-state index is 0.0485. The molecule has 0 aliphatic carbocycles. The van der Waals surface area contributed by atoms with Crippen molar-refractivity contribution in [2.75, 3.05) is 14.2 Å². The molecule has 0 bridgehead atoms. The molecule has 0 aromatic carbocycles. The zero-order valence-corrected chi connectivity index (χ0v) is 8.50. The molecule has 0 aliphatic rings. The molecule has 0 unspecified atom stereocenters. The van der Waals surface area contributed by atoms with Crippen LogP contribution in [0.25, 0.3) is 0 Å². The van der Waals surface area contributed by atoms with Crippen molar-refractivity contribution < 1.29 is 9.47 Å². The topological polar surface area (TPSA) is 18.5 Å². The first kappa shape index (κ1) is 10.4. The van der Waals surface area contributed by atoms with Crippen LogP contribution in [-0.2, 0) is 9.47 Å². The first-order chi connectivity index (χ1) is 4.85. The lowest BCUT2D eigenvalue weighted by molar-refractivity contribution is -0.105. The van der Waals surface area contributed by atoms with Gasteiger partial charge in [-0.2, -0.15) is 0 Å². The molecule has 0 aromatic rings. The van der Waals surface area contributed by atoms with Gasteiger partial charge >= 0.3 is 0 Å². The van der Waals surface area contributed by atoms with Crippen LogP contribution in [0.1, 0.15) is 12.8 Å². The second-order valence-corrected chi connectivity index (χ2v) is 2.56. The summed E-state index contributed by atoms with van der Waals surface area (Å²) in [6, 6.07) is 0. The van der Waals surface area contributed by atoms with Crippen molar-refractivity contribution in [1.82, 2.24) is 0 Å². The second-order valence-electron chi connectivity index (χ2n) is 1.84. The Hall–Kier alpha value is 0.390. The lowest BCUT2D eigenvalue weighted by atomic mass is 10.3. The predicted octanol–water partition coefficient (Wildman–Crippen LogP) is 2.33. The molecule has 0 N–H and O–H groups in total. The fraction of sp³-hybridized carbons (Fsp3) is 0.714. The molecule has 0 rings (SSSR count). The van der Waals surface area contributed by atoms with Crippen molar-refractivity contribution in [3.05, 3.63) is 10.2 Å². The fourth-order valence-electron chi connectivity index (χ4n) is 0.627. The lowest BCUT2D eigenvalue weighted by Crippen LogP contribution is -2.11. The van der Waals surface area contributed by atoms with Gasteiger partial charge in [-0.15, -0.1) is 0 Å². The highest BCUT2D eigenvalue weighted by atomic mass is 127. The van der Waals surface area contributed by atoms with E-state index in [1.165, 1.54) is 0 Å². The van der Waals surface area contributed by atoms with E-state index < -0.39 is 0 Å². The van der Waals surface area contributed by atoms with E-state index in [1.54, 1.807) is 14.2 Å². The monoisotopic (exact) mass is 256 g/mol. The summed E-state index contributed by atoms with van der Waals surface area (Å²) in [6.07, 6.45) is 3.97. The fourth-order valence-corrected chi connectivity index (χ4v) is 0.987. The van der Waals surface area contributed by atoms with Crippen LogP contribution in [0.2, 0.25) is 0 Å². The molecule has 0 amide bonds. The summed E-state index contributed by atoms with van der Waals surface area (Å²) < 4.78 is 12.0. The normalized spacial score (nSPS) is 11.6. The highest BCUT2D eigenvalue weighted by Gasteiger charge is 2.00. The van der Waals surface area contributed by atoms with Crippen LogP contribution in [0, 0.1) is 0 Å². The largest absolute Gasteiger partial charge is 0.356 e. The molecule has 0 fully saturated rings. The van der Waals surface area contributed by atoms with Gasteiger partial charge in [0.1, 0.15) is 0 Å². The predicted molar refractivity (Wildman–Crippen MR) is 50.2 cm³/mol. The Morgan fingerprint density at radius 1 is 1.40 bits per heavy atom. The van der Waals surface area contributed by atoms with Crippen molar-refractivity contribution in [3.8, 4) is 0 Å². The summed E-state index contributed by atoms with van der Waals surface area (Å²) in [5.74, 6) is 0. The number of hydrogen-bond acceptors (Lipinski definition) is 2. The molecule has 3 heteroatoms.